The molecule has 0 radical (unpaired) electrons. The number of alkyl halides is 3. The van der Waals surface area contributed by atoms with Gasteiger partial charge in [-0.05, 0) is 39.3 Å². The Bertz CT molecular complexity index is 556. The summed E-state index contributed by atoms with van der Waals surface area (Å²) in [5, 5.41) is 9.08. The fourth-order valence-electron chi connectivity index (χ4n) is 2.00. The molecule has 0 aliphatic rings. The molecule has 2 N–H and O–H groups in total. The van der Waals surface area contributed by atoms with Crippen molar-refractivity contribution in [2.75, 3.05) is 0 Å². The highest BCUT2D eigenvalue weighted by atomic mass is 35.5. The monoisotopic (exact) mass is 389 g/mol. The van der Waals surface area contributed by atoms with E-state index in [2.05, 4.69) is 4.72 Å². The average Bonchev–Trinajstić information content (AvgIpc) is 2.39. The maximum Gasteiger partial charge on any atom is 0.414 e. The summed E-state index contributed by atoms with van der Waals surface area (Å²) in [5.41, 5.74) is -1.67. The zero-order chi connectivity index (χ0) is 18.9. The Morgan fingerprint density at radius 2 is 1.79 bits per heavy atom. The van der Waals surface area contributed by atoms with Crippen LogP contribution in [-0.4, -0.2) is 26.7 Å². The lowest BCUT2D eigenvalue weighted by atomic mass is 9.87. The van der Waals surface area contributed by atoms with Crippen LogP contribution in [0.15, 0.2) is 18.2 Å². The molecule has 0 bridgehead atoms. The summed E-state index contributed by atoms with van der Waals surface area (Å²) in [6.45, 7) is 6.18. The van der Waals surface area contributed by atoms with Crippen molar-refractivity contribution in [1.29, 1.82) is 0 Å². The molecule has 3 nitrogen and oxygen atoms in total. The second-order valence-electron chi connectivity index (χ2n) is 6.68. The summed E-state index contributed by atoms with van der Waals surface area (Å²) in [6.07, 6.45) is -8.43. The van der Waals surface area contributed by atoms with Gasteiger partial charge in [-0.25, -0.2) is 4.39 Å². The minimum Gasteiger partial charge on any atom is -0.598 e. The van der Waals surface area contributed by atoms with Gasteiger partial charge in [0.2, 0.25) is 0 Å². The number of hydrogen-bond acceptors (Lipinski definition) is 3. The van der Waals surface area contributed by atoms with E-state index in [1.54, 1.807) is 20.8 Å². The predicted molar refractivity (Wildman–Crippen MR) is 86.5 cm³/mol. The van der Waals surface area contributed by atoms with Crippen molar-refractivity contribution in [3.63, 3.8) is 0 Å². The summed E-state index contributed by atoms with van der Waals surface area (Å²) in [4.78, 5) is 0. The molecule has 1 aromatic rings. The third kappa shape index (κ3) is 5.23. The van der Waals surface area contributed by atoms with Gasteiger partial charge < -0.3 is 9.66 Å². The predicted octanol–water partition coefficient (Wildman–Crippen LogP) is 4.06. The van der Waals surface area contributed by atoms with Gasteiger partial charge >= 0.3 is 6.18 Å². The van der Waals surface area contributed by atoms with Crippen molar-refractivity contribution >= 4 is 23.0 Å². The van der Waals surface area contributed by atoms with Crippen LogP contribution in [0.1, 0.15) is 39.7 Å². The van der Waals surface area contributed by atoms with E-state index >= 15 is 0 Å². The van der Waals surface area contributed by atoms with E-state index in [0.29, 0.717) is 0 Å². The molecule has 1 aromatic carbocycles. The van der Waals surface area contributed by atoms with Gasteiger partial charge in [0.15, 0.2) is 6.10 Å². The van der Waals surface area contributed by atoms with E-state index in [1.807, 2.05) is 0 Å². The molecule has 0 heterocycles. The summed E-state index contributed by atoms with van der Waals surface area (Å²) in [5.74, 6) is -0.815. The van der Waals surface area contributed by atoms with Crippen molar-refractivity contribution in [1.82, 2.24) is 4.72 Å². The van der Waals surface area contributed by atoms with E-state index in [1.165, 1.54) is 19.1 Å². The maximum atomic E-state index is 13.7. The quantitative estimate of drug-likeness (QED) is 0.590. The number of aliphatic hydroxyl groups is 1. The molecule has 0 fully saturated rings. The second-order valence-corrected chi connectivity index (χ2v) is 9.02. The molecular weight excluding hydrogens is 370 g/mol. The average molecular weight is 390 g/mol. The second kappa shape index (κ2) is 7.37. The molecule has 0 spiro atoms. The molecule has 0 aliphatic heterocycles. The van der Waals surface area contributed by atoms with Gasteiger partial charge in [0, 0.05) is 17.8 Å². The molecule has 9 heteroatoms. The molecule has 0 amide bonds. The highest BCUT2D eigenvalue weighted by Gasteiger charge is 2.47. The summed E-state index contributed by atoms with van der Waals surface area (Å²) >= 11 is 4.12. The fraction of sp³-hybridized carbons (Fsp3) is 0.600. The lowest BCUT2D eigenvalue weighted by Gasteiger charge is -2.37. The number of hydrogen-bond donors (Lipinski definition) is 2. The Labute approximate surface area is 146 Å². The van der Waals surface area contributed by atoms with Crippen LogP contribution in [-0.2, 0) is 16.9 Å². The molecule has 0 saturated carbocycles. The maximum absolute atomic E-state index is 13.7. The molecule has 138 valence electrons. The minimum absolute atomic E-state index is 0.00920. The van der Waals surface area contributed by atoms with Gasteiger partial charge in [0.25, 0.3) is 0 Å². The van der Waals surface area contributed by atoms with Crippen molar-refractivity contribution < 1.29 is 27.2 Å². The van der Waals surface area contributed by atoms with Gasteiger partial charge in [0.1, 0.15) is 10.6 Å². The van der Waals surface area contributed by atoms with Gasteiger partial charge in [-0.15, -0.1) is 4.72 Å². The Morgan fingerprint density at radius 3 is 2.25 bits per heavy atom. The van der Waals surface area contributed by atoms with Crippen LogP contribution in [0.4, 0.5) is 17.6 Å². The highest BCUT2D eigenvalue weighted by molar-refractivity contribution is 7.90. The Hall–Kier alpha value is -0.540. The Balaban J connectivity index is 3.32. The zero-order valence-corrected chi connectivity index (χ0v) is 15.2. The van der Waals surface area contributed by atoms with Crippen LogP contribution >= 0.6 is 11.6 Å². The molecule has 0 aliphatic carbocycles. The van der Waals surface area contributed by atoms with Crippen LogP contribution < -0.4 is 4.72 Å². The fourth-order valence-corrected chi connectivity index (χ4v) is 3.24. The number of rotatable bonds is 5. The van der Waals surface area contributed by atoms with Crippen LogP contribution in [0.2, 0.25) is 5.02 Å². The number of halogens is 5. The van der Waals surface area contributed by atoms with Crippen molar-refractivity contribution in [2.24, 2.45) is 0 Å². The van der Waals surface area contributed by atoms with Gasteiger partial charge in [-0.3, -0.25) is 0 Å². The van der Waals surface area contributed by atoms with Crippen LogP contribution in [0.5, 0.6) is 0 Å². The molecule has 24 heavy (non-hydrogen) atoms. The number of nitrogens with one attached hydrogen (secondary N) is 1. The van der Waals surface area contributed by atoms with E-state index in [-0.39, 0.29) is 10.6 Å². The van der Waals surface area contributed by atoms with Crippen molar-refractivity contribution in [2.45, 2.75) is 56.7 Å². The third-order valence-electron chi connectivity index (χ3n) is 3.40. The van der Waals surface area contributed by atoms with Crippen LogP contribution in [0.25, 0.3) is 0 Å². The molecular formula is C15H20ClF4NO2S. The Kier molecular flexibility index (Phi) is 6.60. The SMILES string of the molecule is CC(C)(C)[S+]([O-])N[C@@](C)(C[C@H](O)C(F)(F)F)c1cccc(F)c1Cl. The first-order valence-corrected chi connectivity index (χ1v) is 8.60. The lowest BCUT2D eigenvalue weighted by Crippen LogP contribution is -2.52. The van der Waals surface area contributed by atoms with Crippen LogP contribution in [0.3, 0.4) is 0 Å². The molecule has 3 atom stereocenters. The number of aliphatic hydroxyl groups excluding tert-OH is 1. The first-order chi connectivity index (χ1) is 10.7. The van der Waals surface area contributed by atoms with E-state index in [4.69, 9.17) is 11.6 Å². The number of benzene rings is 1. The smallest absolute Gasteiger partial charge is 0.414 e. The standard InChI is InChI=1S/C15H20ClF4NO2S/c1-13(2,3)24(23)21-14(4,8-11(22)15(18,19)20)9-6-5-7-10(17)12(9)16/h5-7,11,21-22H,8H2,1-4H3/t11-,14-,24?/m0/s1. The summed E-state index contributed by atoms with van der Waals surface area (Å²) in [7, 11) is 0. The summed E-state index contributed by atoms with van der Waals surface area (Å²) in [6, 6.07) is 3.69. The van der Waals surface area contributed by atoms with E-state index in [9.17, 15) is 27.2 Å². The Morgan fingerprint density at radius 1 is 1.25 bits per heavy atom. The molecule has 1 unspecified atom stereocenters. The first kappa shape index (κ1) is 21.5. The molecule has 0 aromatic heterocycles. The van der Waals surface area contributed by atoms with E-state index < -0.39 is 46.2 Å². The van der Waals surface area contributed by atoms with Crippen molar-refractivity contribution in [3.05, 3.63) is 34.6 Å². The van der Waals surface area contributed by atoms with E-state index in [0.717, 1.165) is 6.07 Å². The molecule has 0 saturated heterocycles. The van der Waals surface area contributed by atoms with Gasteiger partial charge in [-0.2, -0.15) is 13.2 Å². The minimum atomic E-state index is -4.87. The first-order valence-electron chi connectivity index (χ1n) is 7.07. The summed E-state index contributed by atoms with van der Waals surface area (Å²) < 4.78 is 66.3. The highest BCUT2D eigenvalue weighted by Crippen LogP contribution is 2.38. The zero-order valence-electron chi connectivity index (χ0n) is 13.7. The molecule has 1 rings (SSSR count). The van der Waals surface area contributed by atoms with Crippen LogP contribution in [0, 0.1) is 5.82 Å². The van der Waals surface area contributed by atoms with Gasteiger partial charge in [-0.1, -0.05) is 23.7 Å². The van der Waals surface area contributed by atoms with Crippen molar-refractivity contribution in [3.8, 4) is 0 Å². The van der Waals surface area contributed by atoms with Gasteiger partial charge in [0.05, 0.1) is 10.6 Å². The normalized spacial score (nSPS) is 18.1. The lowest BCUT2D eigenvalue weighted by molar-refractivity contribution is -0.209. The topological polar surface area (TPSA) is 55.3 Å². The largest absolute Gasteiger partial charge is 0.598 e. The third-order valence-corrected chi connectivity index (χ3v) is 5.53.